The van der Waals surface area contributed by atoms with Crippen molar-refractivity contribution in [3.8, 4) is 0 Å². The smallest absolute Gasteiger partial charge is 0.251 e. The summed E-state index contributed by atoms with van der Waals surface area (Å²) in [6.07, 6.45) is 11.3. The zero-order valence-corrected chi connectivity index (χ0v) is 18.9. The maximum Gasteiger partial charge on any atom is 0.251 e. The van der Waals surface area contributed by atoms with Crippen LogP contribution >= 0.6 is 11.3 Å². The van der Waals surface area contributed by atoms with E-state index in [0.717, 1.165) is 34.6 Å². The van der Waals surface area contributed by atoms with Gasteiger partial charge < -0.3 is 10.6 Å². The quantitative estimate of drug-likeness (QED) is 0.557. The monoisotopic (exact) mass is 434 g/mol. The molecule has 2 unspecified atom stereocenters. The van der Waals surface area contributed by atoms with Crippen molar-refractivity contribution < 1.29 is 4.79 Å². The summed E-state index contributed by atoms with van der Waals surface area (Å²) in [4.78, 5) is 24.3. The summed E-state index contributed by atoms with van der Waals surface area (Å²) < 4.78 is 0. The number of fused-ring (bicyclic) bond motifs is 3. The Bertz CT molecular complexity index is 1080. The minimum atomic E-state index is 0.0423. The molecule has 31 heavy (non-hydrogen) atoms. The van der Waals surface area contributed by atoms with Crippen molar-refractivity contribution in [2.24, 2.45) is 5.92 Å². The molecule has 0 saturated heterocycles. The standard InChI is InChI=1S/C25H30N4OS/c1-16-6-2-4-8-20(16)29-24(30)18-12-10-17(11-13-18)14-26-23-22-19-7-3-5-9-21(19)31-25(22)28-15-27-23/h10-13,15-16,20H,2-9,14H2,1H3,(H,29,30)(H,26,27,28). The van der Waals surface area contributed by atoms with Gasteiger partial charge in [0.1, 0.15) is 17.0 Å². The molecule has 3 aromatic rings. The molecule has 1 saturated carbocycles. The maximum atomic E-state index is 12.7. The van der Waals surface area contributed by atoms with E-state index in [1.807, 2.05) is 35.6 Å². The third-order valence-electron chi connectivity index (χ3n) is 6.86. The molecule has 6 heteroatoms. The lowest BCUT2D eigenvalue weighted by atomic mass is 9.86. The van der Waals surface area contributed by atoms with Crippen LogP contribution < -0.4 is 10.6 Å². The Morgan fingerprint density at radius 3 is 2.71 bits per heavy atom. The molecule has 1 amide bonds. The van der Waals surface area contributed by atoms with Crippen molar-refractivity contribution in [2.75, 3.05) is 5.32 Å². The van der Waals surface area contributed by atoms with Gasteiger partial charge in [-0.15, -0.1) is 11.3 Å². The van der Waals surface area contributed by atoms with Crippen molar-refractivity contribution in [1.29, 1.82) is 0 Å². The van der Waals surface area contributed by atoms with Crippen LogP contribution in [-0.4, -0.2) is 21.9 Å². The average molecular weight is 435 g/mol. The zero-order valence-electron chi connectivity index (χ0n) is 18.1. The molecule has 0 spiro atoms. The summed E-state index contributed by atoms with van der Waals surface area (Å²) >= 11 is 1.82. The Morgan fingerprint density at radius 2 is 1.87 bits per heavy atom. The van der Waals surface area contributed by atoms with E-state index in [-0.39, 0.29) is 5.91 Å². The van der Waals surface area contributed by atoms with E-state index in [9.17, 15) is 4.79 Å². The topological polar surface area (TPSA) is 66.9 Å². The maximum absolute atomic E-state index is 12.7. The van der Waals surface area contributed by atoms with Crippen LogP contribution in [0.3, 0.4) is 0 Å². The van der Waals surface area contributed by atoms with E-state index < -0.39 is 0 Å². The van der Waals surface area contributed by atoms with Crippen LogP contribution in [-0.2, 0) is 19.4 Å². The predicted octanol–water partition coefficient (Wildman–Crippen LogP) is 5.49. The highest BCUT2D eigenvalue weighted by Crippen LogP contribution is 2.38. The summed E-state index contributed by atoms with van der Waals surface area (Å²) in [5.41, 5.74) is 3.31. The molecule has 2 aromatic heterocycles. The number of nitrogens with one attached hydrogen (secondary N) is 2. The third kappa shape index (κ3) is 4.31. The third-order valence-corrected chi connectivity index (χ3v) is 8.06. The SMILES string of the molecule is CC1CCCCC1NC(=O)c1ccc(CNc2ncnc3sc4c(c23)CCCC4)cc1. The van der Waals surface area contributed by atoms with Gasteiger partial charge >= 0.3 is 0 Å². The number of anilines is 1. The molecular formula is C25H30N4OS. The molecule has 5 rings (SSSR count). The van der Waals surface area contributed by atoms with Crippen LogP contribution in [0.2, 0.25) is 0 Å². The first kappa shape index (κ1) is 20.4. The van der Waals surface area contributed by atoms with Crippen molar-refractivity contribution in [2.45, 2.75) is 70.9 Å². The number of carbonyl (C=O) groups is 1. The number of carbonyl (C=O) groups excluding carboxylic acids is 1. The highest BCUT2D eigenvalue weighted by atomic mass is 32.1. The number of aromatic nitrogens is 2. The summed E-state index contributed by atoms with van der Waals surface area (Å²) in [5.74, 6) is 1.53. The fourth-order valence-electron chi connectivity index (χ4n) is 4.97. The van der Waals surface area contributed by atoms with Crippen molar-refractivity contribution in [3.63, 3.8) is 0 Å². The van der Waals surface area contributed by atoms with E-state index in [2.05, 4.69) is 27.5 Å². The lowest BCUT2D eigenvalue weighted by Gasteiger charge is -2.29. The number of hydrogen-bond acceptors (Lipinski definition) is 5. The summed E-state index contributed by atoms with van der Waals surface area (Å²) in [7, 11) is 0. The van der Waals surface area contributed by atoms with Gasteiger partial charge in [-0.3, -0.25) is 4.79 Å². The van der Waals surface area contributed by atoms with Crippen LogP contribution in [0.15, 0.2) is 30.6 Å². The Kier molecular flexibility index (Phi) is 5.90. The highest BCUT2D eigenvalue weighted by molar-refractivity contribution is 7.19. The van der Waals surface area contributed by atoms with E-state index in [4.69, 9.17) is 0 Å². The molecule has 0 radical (unpaired) electrons. The summed E-state index contributed by atoms with van der Waals surface area (Å²) in [6.45, 7) is 2.92. The Morgan fingerprint density at radius 1 is 1.06 bits per heavy atom. The molecular weight excluding hydrogens is 404 g/mol. The summed E-state index contributed by atoms with van der Waals surface area (Å²) in [6, 6.07) is 8.24. The molecule has 1 aromatic carbocycles. The van der Waals surface area contributed by atoms with Crippen molar-refractivity contribution >= 4 is 33.3 Å². The number of amides is 1. The first-order chi connectivity index (χ1) is 15.2. The van der Waals surface area contributed by atoms with Crippen LogP contribution in [0.5, 0.6) is 0 Å². The van der Waals surface area contributed by atoms with Crippen LogP contribution in [0.4, 0.5) is 5.82 Å². The first-order valence-electron chi connectivity index (χ1n) is 11.6. The second kappa shape index (κ2) is 8.95. The zero-order chi connectivity index (χ0) is 21.2. The number of thiophene rings is 1. The first-order valence-corrected chi connectivity index (χ1v) is 12.4. The number of aryl methyl sites for hydroxylation is 2. The number of rotatable bonds is 5. The molecule has 0 bridgehead atoms. The number of nitrogens with zero attached hydrogens (tertiary/aromatic N) is 2. The van der Waals surface area contributed by atoms with E-state index in [1.165, 1.54) is 54.4 Å². The molecule has 0 aliphatic heterocycles. The minimum absolute atomic E-state index is 0.0423. The number of benzene rings is 1. The van der Waals surface area contributed by atoms with Crippen molar-refractivity contribution in [1.82, 2.24) is 15.3 Å². The molecule has 2 N–H and O–H groups in total. The minimum Gasteiger partial charge on any atom is -0.365 e. The molecule has 2 aliphatic carbocycles. The molecule has 2 aliphatic rings. The van der Waals surface area contributed by atoms with E-state index in [1.54, 1.807) is 6.33 Å². The predicted molar refractivity (Wildman–Crippen MR) is 127 cm³/mol. The Labute approximate surface area is 187 Å². The molecule has 162 valence electrons. The molecule has 5 nitrogen and oxygen atoms in total. The molecule has 2 heterocycles. The van der Waals surface area contributed by atoms with Gasteiger partial charge in [0.05, 0.1) is 5.39 Å². The Balaban J connectivity index is 1.25. The highest BCUT2D eigenvalue weighted by Gasteiger charge is 2.23. The second-order valence-electron chi connectivity index (χ2n) is 9.01. The van der Waals surface area contributed by atoms with E-state index >= 15 is 0 Å². The Hall–Kier alpha value is -2.47. The second-order valence-corrected chi connectivity index (χ2v) is 10.1. The fourth-order valence-corrected chi connectivity index (χ4v) is 6.20. The average Bonchev–Trinajstić information content (AvgIpc) is 3.19. The lowest BCUT2D eigenvalue weighted by molar-refractivity contribution is 0.0910. The van der Waals surface area contributed by atoms with Gasteiger partial charge in [-0.2, -0.15) is 0 Å². The van der Waals surface area contributed by atoms with E-state index in [0.29, 0.717) is 18.5 Å². The van der Waals surface area contributed by atoms with Gasteiger partial charge in [0.15, 0.2) is 0 Å². The van der Waals surface area contributed by atoms with Gasteiger partial charge in [-0.25, -0.2) is 9.97 Å². The normalized spacial score (nSPS) is 20.9. The van der Waals surface area contributed by atoms with Gasteiger partial charge in [-0.1, -0.05) is 31.9 Å². The van der Waals surface area contributed by atoms with Gasteiger partial charge in [0.2, 0.25) is 0 Å². The largest absolute Gasteiger partial charge is 0.365 e. The van der Waals surface area contributed by atoms with Crippen LogP contribution in [0, 0.1) is 5.92 Å². The van der Waals surface area contributed by atoms with Gasteiger partial charge in [0, 0.05) is 23.0 Å². The van der Waals surface area contributed by atoms with Gasteiger partial charge in [-0.05, 0) is 67.7 Å². The summed E-state index contributed by atoms with van der Waals surface area (Å²) in [5, 5.41) is 7.96. The number of hydrogen-bond donors (Lipinski definition) is 2. The lowest BCUT2D eigenvalue weighted by Crippen LogP contribution is -2.41. The van der Waals surface area contributed by atoms with Crippen molar-refractivity contribution in [3.05, 3.63) is 52.2 Å². The van der Waals surface area contributed by atoms with Gasteiger partial charge in [0.25, 0.3) is 5.91 Å². The van der Waals surface area contributed by atoms with Crippen LogP contribution in [0.1, 0.15) is 71.8 Å². The van der Waals surface area contributed by atoms with Crippen LogP contribution in [0.25, 0.3) is 10.2 Å². The molecule has 2 atom stereocenters. The fraction of sp³-hybridized carbons (Fsp3) is 0.480. The molecule has 1 fully saturated rings.